The summed E-state index contributed by atoms with van der Waals surface area (Å²) in [5.41, 5.74) is 1.86. The second-order valence-electron chi connectivity index (χ2n) is 8.43. The number of aromatic hydroxyl groups is 1. The number of esters is 1. The molecule has 192 valence electrons. The van der Waals surface area contributed by atoms with Gasteiger partial charge in [0.15, 0.2) is 0 Å². The molecule has 0 aliphatic carbocycles. The number of nitrogens with zero attached hydrogens (tertiary/aromatic N) is 1. The zero-order valence-corrected chi connectivity index (χ0v) is 21.3. The van der Waals surface area contributed by atoms with E-state index in [-0.39, 0.29) is 16.9 Å². The Kier molecular flexibility index (Phi) is 12.2. The van der Waals surface area contributed by atoms with Gasteiger partial charge in [-0.1, -0.05) is 106 Å². The first-order valence-corrected chi connectivity index (χ1v) is 12.4. The van der Waals surface area contributed by atoms with Crippen LogP contribution in [0.4, 0.5) is 0 Å². The van der Waals surface area contributed by atoms with Gasteiger partial charge in [0.25, 0.3) is 0 Å². The lowest BCUT2D eigenvalue weighted by atomic mass is 9.93. The Balaban J connectivity index is 0.000000261. The summed E-state index contributed by atoms with van der Waals surface area (Å²) >= 11 is 0. The maximum atomic E-state index is 11.8. The van der Waals surface area contributed by atoms with E-state index in [1.165, 1.54) is 6.07 Å². The van der Waals surface area contributed by atoms with Gasteiger partial charge in [0, 0.05) is 5.57 Å². The number of phenolic OH excluding ortho intramolecular Hbond substituents is 1. The summed E-state index contributed by atoms with van der Waals surface area (Å²) < 4.78 is 5.26. The number of hydrogen-bond donors (Lipinski definition) is 2. The fourth-order valence-electron chi connectivity index (χ4n) is 3.69. The van der Waals surface area contributed by atoms with E-state index in [1.54, 1.807) is 48.5 Å². The third kappa shape index (κ3) is 8.97. The van der Waals surface area contributed by atoms with Crippen LogP contribution in [0.1, 0.15) is 61.0 Å². The molecule has 0 saturated carbocycles. The van der Waals surface area contributed by atoms with E-state index in [0.717, 1.165) is 25.7 Å². The third-order valence-electron chi connectivity index (χ3n) is 5.82. The third-order valence-corrected chi connectivity index (χ3v) is 5.82. The molecule has 0 fully saturated rings. The molecule has 3 aromatic carbocycles. The van der Waals surface area contributed by atoms with E-state index in [4.69, 9.17) is 10.00 Å². The van der Waals surface area contributed by atoms with Crippen molar-refractivity contribution in [1.29, 1.82) is 5.26 Å². The zero-order chi connectivity index (χ0) is 27.0. The van der Waals surface area contributed by atoms with E-state index in [9.17, 15) is 19.8 Å². The van der Waals surface area contributed by atoms with E-state index in [2.05, 4.69) is 13.8 Å². The Hall–Kier alpha value is -4.37. The molecule has 2 N–H and O–H groups in total. The number of phenols is 1. The SMILES string of the molecule is CCCCC(CC)COC(=O)c1ccccc1O.N#CC(C(=O)O)=C(c1ccccc1)c1ccccc1. The number of carboxylic acid groups (broad SMARTS) is 1. The lowest BCUT2D eigenvalue weighted by Gasteiger charge is -2.14. The van der Waals surface area contributed by atoms with E-state index in [1.807, 2.05) is 36.4 Å². The van der Waals surface area contributed by atoms with E-state index >= 15 is 0 Å². The van der Waals surface area contributed by atoms with Crippen molar-refractivity contribution >= 4 is 17.5 Å². The van der Waals surface area contributed by atoms with Gasteiger partial charge in [-0.15, -0.1) is 0 Å². The summed E-state index contributed by atoms with van der Waals surface area (Å²) in [7, 11) is 0. The van der Waals surface area contributed by atoms with Crippen molar-refractivity contribution in [3.63, 3.8) is 0 Å². The predicted molar refractivity (Wildman–Crippen MR) is 144 cm³/mol. The highest BCUT2D eigenvalue weighted by molar-refractivity contribution is 6.04. The van der Waals surface area contributed by atoms with Gasteiger partial charge >= 0.3 is 11.9 Å². The molecule has 6 nitrogen and oxygen atoms in total. The van der Waals surface area contributed by atoms with Crippen LogP contribution in [0.2, 0.25) is 0 Å². The molecule has 0 heterocycles. The maximum absolute atomic E-state index is 11.8. The number of rotatable bonds is 10. The Morgan fingerprint density at radius 2 is 1.43 bits per heavy atom. The van der Waals surface area contributed by atoms with Crippen molar-refractivity contribution in [2.24, 2.45) is 5.92 Å². The first-order valence-electron chi connectivity index (χ1n) is 12.4. The van der Waals surface area contributed by atoms with Gasteiger partial charge in [0.1, 0.15) is 23.0 Å². The van der Waals surface area contributed by atoms with Crippen LogP contribution in [-0.4, -0.2) is 28.8 Å². The van der Waals surface area contributed by atoms with Gasteiger partial charge in [-0.2, -0.15) is 5.26 Å². The molecule has 3 rings (SSSR count). The fourth-order valence-corrected chi connectivity index (χ4v) is 3.69. The molecule has 37 heavy (non-hydrogen) atoms. The number of hydrogen-bond acceptors (Lipinski definition) is 5. The topological polar surface area (TPSA) is 108 Å². The Bertz CT molecular complexity index is 1170. The smallest absolute Gasteiger partial charge is 0.347 e. The molecule has 0 aliphatic heterocycles. The molecule has 0 aliphatic rings. The first-order chi connectivity index (χ1) is 17.9. The van der Waals surface area contributed by atoms with Gasteiger partial charge in [0.05, 0.1) is 6.61 Å². The van der Waals surface area contributed by atoms with Crippen molar-refractivity contribution in [3.8, 4) is 11.8 Å². The lowest BCUT2D eigenvalue weighted by molar-refractivity contribution is -0.132. The van der Waals surface area contributed by atoms with Gasteiger partial charge in [0.2, 0.25) is 0 Å². The predicted octanol–water partition coefficient (Wildman–Crippen LogP) is 6.86. The van der Waals surface area contributed by atoms with Crippen LogP contribution in [0.5, 0.6) is 5.75 Å². The van der Waals surface area contributed by atoms with Crippen LogP contribution in [-0.2, 0) is 9.53 Å². The van der Waals surface area contributed by atoms with Crippen LogP contribution in [0.15, 0.2) is 90.5 Å². The van der Waals surface area contributed by atoms with Crippen LogP contribution in [0.25, 0.3) is 5.57 Å². The quantitative estimate of drug-likeness (QED) is 0.179. The molecule has 1 atom stereocenters. The fraction of sp³-hybridized carbons (Fsp3) is 0.258. The highest BCUT2D eigenvalue weighted by Crippen LogP contribution is 2.26. The molecule has 0 radical (unpaired) electrons. The Morgan fingerprint density at radius 3 is 1.89 bits per heavy atom. The number of carbonyl (C=O) groups is 2. The van der Waals surface area contributed by atoms with Gasteiger partial charge in [-0.25, -0.2) is 9.59 Å². The standard InChI is InChI=1S/C16H11NO2.C15H22O3/c17-11-14(16(18)19)15(12-7-3-1-4-8-12)13-9-5-2-6-10-13;1-3-5-8-12(4-2)11-18-15(17)13-9-6-7-10-14(13)16/h1-10H,(H,18,19);6-7,9-10,12,16H,3-5,8,11H2,1-2H3. The van der Waals surface area contributed by atoms with Crippen molar-refractivity contribution in [1.82, 2.24) is 0 Å². The minimum absolute atomic E-state index is 0.0240. The Morgan fingerprint density at radius 1 is 0.892 bits per heavy atom. The van der Waals surface area contributed by atoms with Crippen molar-refractivity contribution in [3.05, 3.63) is 107 Å². The summed E-state index contributed by atoms with van der Waals surface area (Å²) in [6.45, 7) is 4.69. The molecule has 0 amide bonds. The number of aliphatic carboxylic acids is 1. The molecule has 0 spiro atoms. The molecule has 0 saturated heterocycles. The normalized spacial score (nSPS) is 10.7. The number of carboxylic acids is 1. The van der Waals surface area contributed by atoms with E-state index < -0.39 is 11.9 Å². The maximum Gasteiger partial charge on any atom is 0.347 e. The average molecular weight is 500 g/mol. The summed E-state index contributed by atoms with van der Waals surface area (Å²) in [5.74, 6) is -1.27. The summed E-state index contributed by atoms with van der Waals surface area (Å²) in [6.07, 6.45) is 4.41. The van der Waals surface area contributed by atoms with Crippen molar-refractivity contribution in [2.75, 3.05) is 6.61 Å². The molecule has 3 aromatic rings. The second kappa shape index (κ2) is 15.6. The first kappa shape index (κ1) is 28.9. The molecule has 6 heteroatoms. The minimum atomic E-state index is -1.22. The van der Waals surface area contributed by atoms with Crippen molar-refractivity contribution < 1.29 is 24.5 Å². The number of carbonyl (C=O) groups excluding carboxylic acids is 1. The number of para-hydroxylation sites is 1. The van der Waals surface area contributed by atoms with Gasteiger partial charge < -0.3 is 14.9 Å². The largest absolute Gasteiger partial charge is 0.507 e. The number of nitriles is 1. The van der Waals surface area contributed by atoms with Gasteiger partial charge in [-0.05, 0) is 35.6 Å². The van der Waals surface area contributed by atoms with Crippen LogP contribution >= 0.6 is 0 Å². The zero-order valence-electron chi connectivity index (χ0n) is 21.3. The average Bonchev–Trinajstić information content (AvgIpc) is 2.93. The van der Waals surface area contributed by atoms with Crippen LogP contribution < -0.4 is 0 Å². The molecule has 0 bridgehead atoms. The van der Waals surface area contributed by atoms with Gasteiger partial charge in [-0.3, -0.25) is 0 Å². The van der Waals surface area contributed by atoms with Crippen molar-refractivity contribution in [2.45, 2.75) is 39.5 Å². The van der Waals surface area contributed by atoms with E-state index in [0.29, 0.717) is 29.2 Å². The molecule has 0 aromatic heterocycles. The summed E-state index contributed by atoms with van der Waals surface area (Å²) in [6, 6.07) is 26.4. The molecule has 1 unspecified atom stereocenters. The monoisotopic (exact) mass is 499 g/mol. The molecular weight excluding hydrogens is 466 g/mol. The summed E-state index contributed by atoms with van der Waals surface area (Å²) in [5, 5.41) is 27.8. The van der Waals surface area contributed by atoms with Crippen LogP contribution in [0.3, 0.4) is 0 Å². The Labute approximate surface area is 218 Å². The summed E-state index contributed by atoms with van der Waals surface area (Å²) in [4.78, 5) is 23.0. The highest BCUT2D eigenvalue weighted by atomic mass is 16.5. The van der Waals surface area contributed by atoms with Crippen LogP contribution in [0, 0.1) is 17.2 Å². The second-order valence-corrected chi connectivity index (χ2v) is 8.43. The number of benzene rings is 3. The number of ether oxygens (including phenoxy) is 1. The highest BCUT2D eigenvalue weighted by Gasteiger charge is 2.17. The number of unbranched alkanes of at least 4 members (excludes halogenated alkanes) is 1. The minimum Gasteiger partial charge on any atom is -0.507 e. The lowest BCUT2D eigenvalue weighted by Crippen LogP contribution is -2.14. The molecular formula is C31H33NO5.